The Balaban J connectivity index is 3.03. The van der Waals surface area contributed by atoms with Crippen LogP contribution in [0.5, 0.6) is 0 Å². The van der Waals surface area contributed by atoms with Crippen molar-refractivity contribution in [2.24, 2.45) is 11.3 Å². The topological polar surface area (TPSA) is 0 Å². The summed E-state index contributed by atoms with van der Waals surface area (Å²) in [5, 5.41) is 0. The number of hydrogen-bond acceptors (Lipinski definition) is 0. The Bertz CT molecular complexity index is 216. The van der Waals surface area contributed by atoms with Gasteiger partial charge >= 0.3 is 0 Å². The molecule has 0 radical (unpaired) electrons. The molecule has 0 heterocycles. The molecule has 0 bridgehead atoms. The fraction of sp³-hybridized carbons (Fsp3) is 0.636. The lowest BCUT2D eigenvalue weighted by molar-refractivity contribution is 0.322. The van der Waals surface area contributed by atoms with Crippen molar-refractivity contribution in [3.63, 3.8) is 0 Å². The number of allylic oxidation sites excluding steroid dienone is 4. The van der Waals surface area contributed by atoms with Crippen LogP contribution < -0.4 is 0 Å². The van der Waals surface area contributed by atoms with Crippen LogP contribution in [-0.2, 0) is 0 Å². The van der Waals surface area contributed by atoms with Gasteiger partial charge in [0, 0.05) is 0 Å². The molecule has 0 aromatic rings. The van der Waals surface area contributed by atoms with Crippen LogP contribution in [0.3, 0.4) is 0 Å². The van der Waals surface area contributed by atoms with Crippen molar-refractivity contribution in [2.45, 2.75) is 34.6 Å². The van der Waals surface area contributed by atoms with Crippen molar-refractivity contribution < 1.29 is 0 Å². The minimum Gasteiger partial charge on any atom is -0.0696 e. The highest BCUT2D eigenvalue weighted by Crippen LogP contribution is 2.41. The lowest BCUT2D eigenvalue weighted by atomic mass is 9.69. The second-order valence-electron chi connectivity index (χ2n) is 4.20. The van der Waals surface area contributed by atoms with Crippen molar-refractivity contribution in [3.05, 3.63) is 23.3 Å². The zero-order valence-electron chi connectivity index (χ0n) is 8.23. The first-order valence-electron chi connectivity index (χ1n) is 4.32. The van der Waals surface area contributed by atoms with E-state index in [4.69, 9.17) is 0 Å². The van der Waals surface area contributed by atoms with Gasteiger partial charge in [-0.25, -0.2) is 0 Å². The molecule has 0 amide bonds. The van der Waals surface area contributed by atoms with Gasteiger partial charge in [0.2, 0.25) is 0 Å². The van der Waals surface area contributed by atoms with Crippen LogP contribution in [0.4, 0.5) is 0 Å². The second kappa shape index (κ2) is 2.51. The molecule has 0 N–H and O–H groups in total. The van der Waals surface area contributed by atoms with Crippen molar-refractivity contribution in [2.75, 3.05) is 0 Å². The summed E-state index contributed by atoms with van der Waals surface area (Å²) in [4.78, 5) is 0. The Kier molecular flexibility index (Phi) is 1.96. The van der Waals surface area contributed by atoms with Gasteiger partial charge in [0.05, 0.1) is 0 Å². The van der Waals surface area contributed by atoms with Gasteiger partial charge in [-0.3, -0.25) is 0 Å². The minimum absolute atomic E-state index is 0.360. The molecular weight excluding hydrogens is 132 g/mol. The maximum atomic E-state index is 2.32. The van der Waals surface area contributed by atoms with E-state index >= 15 is 0 Å². The predicted molar refractivity (Wildman–Crippen MR) is 50.5 cm³/mol. The van der Waals surface area contributed by atoms with E-state index in [0.717, 1.165) is 0 Å². The summed E-state index contributed by atoms with van der Waals surface area (Å²) >= 11 is 0. The lowest BCUT2D eigenvalue weighted by Gasteiger charge is -2.36. The van der Waals surface area contributed by atoms with E-state index < -0.39 is 0 Å². The van der Waals surface area contributed by atoms with Gasteiger partial charge in [0.1, 0.15) is 0 Å². The third kappa shape index (κ3) is 1.26. The monoisotopic (exact) mass is 150 g/mol. The van der Waals surface area contributed by atoms with E-state index in [-0.39, 0.29) is 0 Å². The Morgan fingerprint density at radius 2 is 1.73 bits per heavy atom. The maximum Gasteiger partial charge on any atom is -0.00816 e. The molecule has 1 aliphatic carbocycles. The fourth-order valence-electron chi connectivity index (χ4n) is 1.53. The third-order valence-corrected chi connectivity index (χ3v) is 3.38. The van der Waals surface area contributed by atoms with E-state index in [1.54, 1.807) is 0 Å². The average Bonchev–Trinajstić information content (AvgIpc) is 1.95. The van der Waals surface area contributed by atoms with Gasteiger partial charge in [0.15, 0.2) is 0 Å². The molecule has 1 unspecified atom stereocenters. The first-order valence-corrected chi connectivity index (χ1v) is 4.32. The molecule has 0 saturated carbocycles. The normalized spacial score (nSPS) is 29.4. The third-order valence-electron chi connectivity index (χ3n) is 3.38. The van der Waals surface area contributed by atoms with Crippen LogP contribution in [-0.4, -0.2) is 0 Å². The van der Waals surface area contributed by atoms with E-state index in [9.17, 15) is 0 Å². The van der Waals surface area contributed by atoms with Crippen molar-refractivity contribution in [1.82, 2.24) is 0 Å². The number of rotatable bonds is 0. The van der Waals surface area contributed by atoms with E-state index in [1.807, 2.05) is 0 Å². The van der Waals surface area contributed by atoms with Crippen molar-refractivity contribution in [3.8, 4) is 0 Å². The first kappa shape index (κ1) is 8.58. The zero-order chi connectivity index (χ0) is 8.65. The predicted octanol–water partition coefficient (Wildman–Crippen LogP) is 3.55. The molecule has 0 saturated heterocycles. The Hall–Kier alpha value is -0.520. The van der Waals surface area contributed by atoms with Crippen LogP contribution >= 0.6 is 0 Å². The molecule has 0 aromatic heterocycles. The molecule has 0 fully saturated rings. The summed E-state index contributed by atoms with van der Waals surface area (Å²) in [5.74, 6) is 0.687. The molecular formula is C11H18. The summed E-state index contributed by atoms with van der Waals surface area (Å²) in [6.07, 6.45) is 4.49. The van der Waals surface area contributed by atoms with E-state index in [0.29, 0.717) is 11.3 Å². The zero-order valence-corrected chi connectivity index (χ0v) is 8.23. The Morgan fingerprint density at radius 3 is 2.18 bits per heavy atom. The Morgan fingerprint density at radius 1 is 1.18 bits per heavy atom. The molecule has 62 valence electrons. The average molecular weight is 150 g/mol. The molecule has 0 heteroatoms. The van der Waals surface area contributed by atoms with Crippen molar-refractivity contribution in [1.29, 1.82) is 0 Å². The van der Waals surface area contributed by atoms with Crippen LogP contribution in [0.2, 0.25) is 0 Å². The molecule has 11 heavy (non-hydrogen) atoms. The van der Waals surface area contributed by atoms with Gasteiger partial charge < -0.3 is 0 Å². The summed E-state index contributed by atoms with van der Waals surface area (Å²) in [7, 11) is 0. The Labute approximate surface area is 70.0 Å². The first-order chi connectivity index (χ1) is 4.96. The SMILES string of the molecule is CC1=CC=C(C)C(C)(C)C1C. The van der Waals surface area contributed by atoms with Gasteiger partial charge in [-0.05, 0) is 25.2 Å². The molecule has 0 nitrogen and oxygen atoms in total. The van der Waals surface area contributed by atoms with Crippen LogP contribution in [0.1, 0.15) is 34.6 Å². The maximum absolute atomic E-state index is 2.32. The molecule has 0 spiro atoms. The molecule has 0 aliphatic heterocycles. The van der Waals surface area contributed by atoms with Crippen LogP contribution in [0.15, 0.2) is 23.3 Å². The molecule has 1 aliphatic rings. The van der Waals surface area contributed by atoms with Crippen molar-refractivity contribution >= 4 is 0 Å². The summed E-state index contributed by atoms with van der Waals surface area (Å²) in [6.45, 7) is 11.4. The van der Waals surface area contributed by atoms with E-state index in [2.05, 4.69) is 46.8 Å². The standard InChI is InChI=1S/C11H18/c1-8-6-7-9(2)11(4,5)10(8)3/h6-7,10H,1-5H3. The molecule has 1 atom stereocenters. The summed E-state index contributed by atoms with van der Waals surface area (Å²) in [5.41, 5.74) is 3.36. The summed E-state index contributed by atoms with van der Waals surface area (Å²) < 4.78 is 0. The van der Waals surface area contributed by atoms with Gasteiger partial charge in [-0.2, -0.15) is 0 Å². The quantitative estimate of drug-likeness (QED) is 0.495. The smallest absolute Gasteiger partial charge is 0.00816 e. The highest BCUT2D eigenvalue weighted by molar-refractivity contribution is 5.29. The minimum atomic E-state index is 0.360. The van der Waals surface area contributed by atoms with Crippen LogP contribution in [0.25, 0.3) is 0 Å². The highest BCUT2D eigenvalue weighted by Gasteiger charge is 2.30. The van der Waals surface area contributed by atoms with Gasteiger partial charge in [-0.15, -0.1) is 0 Å². The largest absolute Gasteiger partial charge is 0.0696 e. The van der Waals surface area contributed by atoms with E-state index in [1.165, 1.54) is 11.1 Å². The lowest BCUT2D eigenvalue weighted by Crippen LogP contribution is -2.25. The molecule has 1 rings (SSSR count). The number of hydrogen-bond donors (Lipinski definition) is 0. The highest BCUT2D eigenvalue weighted by atomic mass is 14.3. The fourth-order valence-corrected chi connectivity index (χ4v) is 1.53. The summed E-state index contributed by atoms with van der Waals surface area (Å²) in [6, 6.07) is 0. The van der Waals surface area contributed by atoms with Gasteiger partial charge in [0.25, 0.3) is 0 Å². The molecule has 0 aromatic carbocycles. The van der Waals surface area contributed by atoms with Crippen LogP contribution in [0, 0.1) is 11.3 Å². The van der Waals surface area contributed by atoms with Gasteiger partial charge in [-0.1, -0.05) is 44.1 Å². The second-order valence-corrected chi connectivity index (χ2v) is 4.20.